The molecule has 1 nitrogen and oxygen atoms in total. The van der Waals surface area contributed by atoms with E-state index in [9.17, 15) is 5.11 Å². The first-order valence-electron chi connectivity index (χ1n) is 6.84. The molecule has 0 aliphatic heterocycles. The molecular weight excluding hydrogens is 276 g/mol. The largest absolute Gasteiger partial charge is 0.508 e. The van der Waals surface area contributed by atoms with Crippen LogP contribution < -0.4 is 0 Å². The van der Waals surface area contributed by atoms with Crippen molar-refractivity contribution in [2.45, 2.75) is 4.75 Å². The average Bonchev–Trinajstić information content (AvgIpc) is 2.56. The lowest BCUT2D eigenvalue weighted by atomic mass is 9.84. The van der Waals surface area contributed by atoms with Crippen LogP contribution in [-0.2, 0) is 4.75 Å². The lowest BCUT2D eigenvalue weighted by Gasteiger charge is -2.30. The molecule has 0 fully saturated rings. The molecule has 0 radical (unpaired) electrons. The molecule has 2 heteroatoms. The highest BCUT2D eigenvalue weighted by atomic mass is 32.1. The highest BCUT2D eigenvalue weighted by Crippen LogP contribution is 2.42. The number of phenolic OH excluding ortho intramolecular Hbond substituents is 1. The molecule has 21 heavy (non-hydrogen) atoms. The predicted molar refractivity (Wildman–Crippen MR) is 89.9 cm³/mol. The van der Waals surface area contributed by atoms with E-state index in [4.69, 9.17) is 12.6 Å². The van der Waals surface area contributed by atoms with E-state index in [2.05, 4.69) is 24.3 Å². The Morgan fingerprint density at radius 1 is 0.571 bits per heavy atom. The second kappa shape index (κ2) is 5.66. The molecular formula is C19H16OS. The lowest BCUT2D eigenvalue weighted by Crippen LogP contribution is -2.22. The minimum atomic E-state index is -0.545. The SMILES string of the molecule is Oc1ccc(C(S)(c2ccccc2)c2ccccc2)cc1. The van der Waals surface area contributed by atoms with Gasteiger partial charge in [0.1, 0.15) is 5.75 Å². The number of hydrogen-bond acceptors (Lipinski definition) is 2. The summed E-state index contributed by atoms with van der Waals surface area (Å²) in [5.74, 6) is 0.260. The topological polar surface area (TPSA) is 20.2 Å². The van der Waals surface area contributed by atoms with Gasteiger partial charge >= 0.3 is 0 Å². The molecule has 0 atom stereocenters. The standard InChI is InChI=1S/C19H16OS/c20-18-13-11-17(12-14-18)19(21,15-7-3-1-4-8-15)16-9-5-2-6-10-16/h1-14,20-21H. The van der Waals surface area contributed by atoms with Gasteiger partial charge < -0.3 is 5.11 Å². The van der Waals surface area contributed by atoms with Crippen LogP contribution in [0.5, 0.6) is 5.75 Å². The van der Waals surface area contributed by atoms with E-state index in [1.807, 2.05) is 48.5 Å². The third-order valence-electron chi connectivity index (χ3n) is 3.67. The number of rotatable bonds is 3. The van der Waals surface area contributed by atoms with Gasteiger partial charge in [-0.2, -0.15) is 12.6 Å². The summed E-state index contributed by atoms with van der Waals surface area (Å²) in [6, 6.07) is 27.6. The molecule has 3 aromatic rings. The summed E-state index contributed by atoms with van der Waals surface area (Å²) in [4.78, 5) is 0. The average molecular weight is 292 g/mol. The van der Waals surface area contributed by atoms with Gasteiger partial charge in [-0.05, 0) is 28.8 Å². The molecule has 0 unspecified atom stereocenters. The van der Waals surface area contributed by atoms with E-state index in [0.717, 1.165) is 16.7 Å². The summed E-state index contributed by atoms with van der Waals surface area (Å²) in [5, 5.41) is 9.54. The van der Waals surface area contributed by atoms with E-state index in [-0.39, 0.29) is 5.75 Å². The van der Waals surface area contributed by atoms with Crippen molar-refractivity contribution in [3.63, 3.8) is 0 Å². The Morgan fingerprint density at radius 2 is 0.952 bits per heavy atom. The Labute approximate surface area is 130 Å². The van der Waals surface area contributed by atoms with E-state index in [1.54, 1.807) is 12.1 Å². The van der Waals surface area contributed by atoms with E-state index >= 15 is 0 Å². The van der Waals surface area contributed by atoms with Gasteiger partial charge in [-0.1, -0.05) is 72.8 Å². The van der Waals surface area contributed by atoms with Crippen molar-refractivity contribution < 1.29 is 5.11 Å². The van der Waals surface area contributed by atoms with Gasteiger partial charge in [-0.25, -0.2) is 0 Å². The zero-order chi connectivity index (χ0) is 14.7. The number of hydrogen-bond donors (Lipinski definition) is 2. The molecule has 0 aliphatic carbocycles. The van der Waals surface area contributed by atoms with Crippen molar-refractivity contribution in [1.29, 1.82) is 0 Å². The van der Waals surface area contributed by atoms with Crippen molar-refractivity contribution in [3.05, 3.63) is 102 Å². The molecule has 1 N–H and O–H groups in total. The van der Waals surface area contributed by atoms with Crippen LogP contribution in [0.15, 0.2) is 84.9 Å². The van der Waals surface area contributed by atoms with Gasteiger partial charge in [0.2, 0.25) is 0 Å². The Morgan fingerprint density at radius 3 is 1.38 bits per heavy atom. The van der Waals surface area contributed by atoms with Gasteiger partial charge in [-0.3, -0.25) is 0 Å². The van der Waals surface area contributed by atoms with Crippen LogP contribution in [0.2, 0.25) is 0 Å². The van der Waals surface area contributed by atoms with Crippen LogP contribution in [0.4, 0.5) is 0 Å². The molecule has 0 aromatic heterocycles. The second-order valence-electron chi connectivity index (χ2n) is 4.99. The van der Waals surface area contributed by atoms with Crippen LogP contribution >= 0.6 is 12.6 Å². The summed E-state index contributed by atoms with van der Waals surface area (Å²) >= 11 is 5.04. The second-order valence-corrected chi connectivity index (χ2v) is 5.66. The lowest BCUT2D eigenvalue weighted by molar-refractivity contribution is 0.475. The molecule has 0 saturated carbocycles. The molecule has 0 bridgehead atoms. The molecule has 0 spiro atoms. The first-order valence-corrected chi connectivity index (χ1v) is 7.29. The van der Waals surface area contributed by atoms with E-state index in [0.29, 0.717) is 0 Å². The van der Waals surface area contributed by atoms with Crippen LogP contribution in [0.25, 0.3) is 0 Å². The van der Waals surface area contributed by atoms with Crippen molar-refractivity contribution in [1.82, 2.24) is 0 Å². The third kappa shape index (κ3) is 2.55. The number of phenols is 1. The highest BCUT2D eigenvalue weighted by Gasteiger charge is 2.31. The summed E-state index contributed by atoms with van der Waals surface area (Å²) in [7, 11) is 0. The number of benzene rings is 3. The third-order valence-corrected chi connectivity index (χ3v) is 4.44. The maximum atomic E-state index is 9.54. The summed E-state index contributed by atoms with van der Waals surface area (Å²) < 4.78 is -0.545. The van der Waals surface area contributed by atoms with Gasteiger partial charge in [0.25, 0.3) is 0 Å². The number of thiol groups is 1. The van der Waals surface area contributed by atoms with Crippen molar-refractivity contribution in [2.75, 3.05) is 0 Å². The molecule has 104 valence electrons. The Hall–Kier alpha value is -2.19. The molecule has 0 heterocycles. The summed E-state index contributed by atoms with van der Waals surface area (Å²) in [5.41, 5.74) is 3.23. The fraction of sp³-hybridized carbons (Fsp3) is 0.0526. The van der Waals surface area contributed by atoms with Gasteiger partial charge in [0.15, 0.2) is 0 Å². The number of aromatic hydroxyl groups is 1. The van der Waals surface area contributed by atoms with Crippen molar-refractivity contribution in [3.8, 4) is 5.75 Å². The first kappa shape index (κ1) is 13.8. The normalized spacial score (nSPS) is 11.3. The first-order chi connectivity index (χ1) is 10.2. The highest BCUT2D eigenvalue weighted by molar-refractivity contribution is 7.81. The van der Waals surface area contributed by atoms with E-state index in [1.165, 1.54) is 0 Å². The van der Waals surface area contributed by atoms with Crippen LogP contribution in [0.1, 0.15) is 16.7 Å². The Balaban J connectivity index is 2.23. The molecule has 0 amide bonds. The fourth-order valence-electron chi connectivity index (χ4n) is 2.56. The molecule has 3 aromatic carbocycles. The Kier molecular flexibility index (Phi) is 3.72. The van der Waals surface area contributed by atoms with Crippen LogP contribution in [0.3, 0.4) is 0 Å². The monoisotopic (exact) mass is 292 g/mol. The van der Waals surface area contributed by atoms with E-state index < -0.39 is 4.75 Å². The van der Waals surface area contributed by atoms with Crippen molar-refractivity contribution in [2.24, 2.45) is 0 Å². The zero-order valence-corrected chi connectivity index (χ0v) is 12.4. The maximum absolute atomic E-state index is 9.54. The fourth-order valence-corrected chi connectivity index (χ4v) is 3.01. The van der Waals surface area contributed by atoms with Gasteiger partial charge in [0.05, 0.1) is 4.75 Å². The summed E-state index contributed by atoms with van der Waals surface area (Å²) in [6.45, 7) is 0. The maximum Gasteiger partial charge on any atom is 0.115 e. The predicted octanol–water partition coefficient (Wildman–Crippen LogP) is 4.61. The Bertz CT molecular complexity index is 666. The van der Waals surface area contributed by atoms with Crippen LogP contribution in [0, 0.1) is 0 Å². The van der Waals surface area contributed by atoms with Gasteiger partial charge in [-0.15, -0.1) is 0 Å². The molecule has 3 rings (SSSR count). The quantitative estimate of drug-likeness (QED) is 0.533. The van der Waals surface area contributed by atoms with Crippen LogP contribution in [-0.4, -0.2) is 5.11 Å². The summed E-state index contributed by atoms with van der Waals surface area (Å²) in [6.07, 6.45) is 0. The van der Waals surface area contributed by atoms with Crippen molar-refractivity contribution >= 4 is 12.6 Å². The zero-order valence-electron chi connectivity index (χ0n) is 11.5. The molecule has 0 aliphatic rings. The van der Waals surface area contributed by atoms with Gasteiger partial charge in [0, 0.05) is 0 Å². The smallest absolute Gasteiger partial charge is 0.115 e. The minimum Gasteiger partial charge on any atom is -0.508 e. The minimum absolute atomic E-state index is 0.260. The molecule has 0 saturated heterocycles.